The minimum absolute atomic E-state index is 0.939. The Morgan fingerprint density at radius 2 is 1.79 bits per heavy atom. The molecule has 0 bridgehead atoms. The van der Waals surface area contributed by atoms with E-state index in [0.29, 0.717) is 0 Å². The third kappa shape index (κ3) is 2.36. The third-order valence-corrected chi connectivity index (χ3v) is 2.61. The molecule has 0 heterocycles. The lowest BCUT2D eigenvalue weighted by Gasteiger charge is -2.19. The standard InChI is InChI=1S/C13H19O/c1-5-10-7-8-12(13(3,4)14)11(6-2)9-10/h7-9H,5-6H2,1-4H3. The van der Waals surface area contributed by atoms with Gasteiger partial charge in [-0.3, -0.25) is 0 Å². The summed E-state index contributed by atoms with van der Waals surface area (Å²) in [6.07, 6.45) is 1.97. The molecule has 77 valence electrons. The number of hydrogen-bond acceptors (Lipinski definition) is 0. The predicted molar refractivity (Wildman–Crippen MR) is 58.9 cm³/mol. The van der Waals surface area contributed by atoms with E-state index in [2.05, 4.69) is 26.0 Å². The summed E-state index contributed by atoms with van der Waals surface area (Å²) in [4.78, 5) is 0. The van der Waals surface area contributed by atoms with Crippen molar-refractivity contribution in [2.45, 2.75) is 46.1 Å². The van der Waals surface area contributed by atoms with Crippen LogP contribution in [0.4, 0.5) is 0 Å². The van der Waals surface area contributed by atoms with E-state index < -0.39 is 5.60 Å². The summed E-state index contributed by atoms with van der Waals surface area (Å²) in [6.45, 7) is 7.70. The molecule has 0 saturated heterocycles. The molecule has 0 amide bonds. The highest BCUT2D eigenvalue weighted by Crippen LogP contribution is 2.25. The minimum Gasteiger partial charge on any atom is -0.225 e. The Labute approximate surface area is 86.8 Å². The molecule has 1 heteroatoms. The topological polar surface area (TPSA) is 19.9 Å². The summed E-state index contributed by atoms with van der Waals surface area (Å²) in [5.41, 5.74) is 2.48. The van der Waals surface area contributed by atoms with Gasteiger partial charge in [-0.2, -0.15) is 0 Å². The van der Waals surface area contributed by atoms with E-state index >= 15 is 0 Å². The first-order valence-electron chi connectivity index (χ1n) is 5.31. The molecule has 0 N–H and O–H groups in total. The Balaban J connectivity index is 3.18. The lowest BCUT2D eigenvalue weighted by Crippen LogP contribution is -2.16. The highest BCUT2D eigenvalue weighted by Gasteiger charge is 2.21. The van der Waals surface area contributed by atoms with Gasteiger partial charge in [0.05, 0.1) is 0 Å². The van der Waals surface area contributed by atoms with Crippen LogP contribution in [0.25, 0.3) is 0 Å². The fourth-order valence-electron chi connectivity index (χ4n) is 1.75. The SMILES string of the molecule is CCc1ccc(C(C)(C)[O])c(CC)c1. The van der Waals surface area contributed by atoms with Gasteiger partial charge in [0.15, 0.2) is 0 Å². The van der Waals surface area contributed by atoms with Crippen LogP contribution in [0, 0.1) is 0 Å². The number of aryl methyl sites for hydroxylation is 2. The quantitative estimate of drug-likeness (QED) is 0.697. The first-order valence-corrected chi connectivity index (χ1v) is 5.31. The highest BCUT2D eigenvalue weighted by atomic mass is 16.3. The van der Waals surface area contributed by atoms with Gasteiger partial charge in [-0.25, -0.2) is 5.11 Å². The van der Waals surface area contributed by atoms with E-state index in [9.17, 15) is 5.11 Å². The van der Waals surface area contributed by atoms with Crippen molar-refractivity contribution in [1.29, 1.82) is 0 Å². The summed E-state index contributed by atoms with van der Waals surface area (Å²) in [5, 5.41) is 11.9. The fourth-order valence-corrected chi connectivity index (χ4v) is 1.75. The molecule has 0 unspecified atom stereocenters. The minimum atomic E-state index is -0.975. The summed E-state index contributed by atoms with van der Waals surface area (Å²) in [7, 11) is 0. The van der Waals surface area contributed by atoms with Gasteiger partial charge >= 0.3 is 0 Å². The summed E-state index contributed by atoms with van der Waals surface area (Å²) in [6, 6.07) is 6.22. The van der Waals surface area contributed by atoms with Crippen molar-refractivity contribution in [1.82, 2.24) is 0 Å². The summed E-state index contributed by atoms with van der Waals surface area (Å²) < 4.78 is 0. The second-order valence-corrected chi connectivity index (χ2v) is 4.21. The monoisotopic (exact) mass is 191 g/mol. The largest absolute Gasteiger partial charge is 0.225 e. The average molecular weight is 191 g/mol. The maximum atomic E-state index is 11.9. The highest BCUT2D eigenvalue weighted by molar-refractivity contribution is 5.35. The van der Waals surface area contributed by atoms with Crippen molar-refractivity contribution < 1.29 is 5.11 Å². The molecule has 1 aromatic carbocycles. The molecule has 1 rings (SSSR count). The Hall–Kier alpha value is -0.820. The van der Waals surface area contributed by atoms with Crippen molar-refractivity contribution in [2.75, 3.05) is 0 Å². The van der Waals surface area contributed by atoms with E-state index in [1.807, 2.05) is 6.07 Å². The predicted octanol–water partition coefficient (Wildman–Crippen LogP) is 3.48. The van der Waals surface area contributed by atoms with Crippen molar-refractivity contribution in [3.8, 4) is 0 Å². The van der Waals surface area contributed by atoms with Crippen molar-refractivity contribution in [2.24, 2.45) is 0 Å². The molecule has 0 saturated carbocycles. The average Bonchev–Trinajstić information content (AvgIpc) is 2.15. The van der Waals surface area contributed by atoms with Crippen LogP contribution in [0.3, 0.4) is 0 Å². The zero-order chi connectivity index (χ0) is 10.8. The molecular formula is C13H19O. The molecule has 0 aromatic heterocycles. The molecule has 0 aliphatic carbocycles. The van der Waals surface area contributed by atoms with E-state index in [0.717, 1.165) is 18.4 Å². The molecule has 1 aromatic rings. The number of hydrogen-bond donors (Lipinski definition) is 0. The lowest BCUT2D eigenvalue weighted by atomic mass is 9.90. The molecule has 0 aliphatic rings. The van der Waals surface area contributed by atoms with Gasteiger partial charge in [0, 0.05) is 0 Å². The van der Waals surface area contributed by atoms with Crippen LogP contribution in [0.5, 0.6) is 0 Å². The van der Waals surface area contributed by atoms with Crippen LogP contribution < -0.4 is 0 Å². The van der Waals surface area contributed by atoms with Gasteiger partial charge in [-0.15, -0.1) is 0 Å². The number of rotatable bonds is 3. The van der Waals surface area contributed by atoms with E-state index in [-0.39, 0.29) is 0 Å². The molecule has 1 nitrogen and oxygen atoms in total. The molecular weight excluding hydrogens is 172 g/mol. The maximum Gasteiger partial charge on any atom is 0.123 e. The maximum absolute atomic E-state index is 11.9. The van der Waals surface area contributed by atoms with Crippen LogP contribution in [0.15, 0.2) is 18.2 Å². The third-order valence-electron chi connectivity index (χ3n) is 2.61. The van der Waals surface area contributed by atoms with Crippen LogP contribution in [-0.2, 0) is 23.5 Å². The second-order valence-electron chi connectivity index (χ2n) is 4.21. The zero-order valence-electron chi connectivity index (χ0n) is 9.55. The number of benzene rings is 1. The fraction of sp³-hybridized carbons (Fsp3) is 0.538. The van der Waals surface area contributed by atoms with Crippen LogP contribution in [0.2, 0.25) is 0 Å². The van der Waals surface area contributed by atoms with Gasteiger partial charge in [-0.05, 0) is 43.4 Å². The second kappa shape index (κ2) is 4.14. The van der Waals surface area contributed by atoms with E-state index in [1.165, 1.54) is 11.1 Å². The van der Waals surface area contributed by atoms with Crippen molar-refractivity contribution >= 4 is 0 Å². The first-order chi connectivity index (χ1) is 6.49. The zero-order valence-corrected chi connectivity index (χ0v) is 9.55. The molecule has 0 atom stereocenters. The Kier molecular flexibility index (Phi) is 3.33. The Bertz CT molecular complexity index is 308. The van der Waals surface area contributed by atoms with E-state index in [1.54, 1.807) is 13.8 Å². The molecule has 1 radical (unpaired) electrons. The molecule has 0 spiro atoms. The Morgan fingerprint density at radius 3 is 2.21 bits per heavy atom. The van der Waals surface area contributed by atoms with Gasteiger partial charge in [0.2, 0.25) is 0 Å². The van der Waals surface area contributed by atoms with Gasteiger partial charge < -0.3 is 0 Å². The normalized spacial score (nSPS) is 11.8. The van der Waals surface area contributed by atoms with Gasteiger partial charge in [-0.1, -0.05) is 32.0 Å². The smallest absolute Gasteiger partial charge is 0.123 e. The molecule has 0 aliphatic heterocycles. The molecule has 14 heavy (non-hydrogen) atoms. The lowest BCUT2D eigenvalue weighted by molar-refractivity contribution is -0.000813. The van der Waals surface area contributed by atoms with Crippen LogP contribution >= 0.6 is 0 Å². The summed E-state index contributed by atoms with van der Waals surface area (Å²) >= 11 is 0. The van der Waals surface area contributed by atoms with Gasteiger partial charge in [0.1, 0.15) is 5.60 Å². The van der Waals surface area contributed by atoms with E-state index in [4.69, 9.17) is 0 Å². The first kappa shape index (κ1) is 11.3. The van der Waals surface area contributed by atoms with Crippen molar-refractivity contribution in [3.63, 3.8) is 0 Å². The van der Waals surface area contributed by atoms with Crippen molar-refractivity contribution in [3.05, 3.63) is 34.9 Å². The van der Waals surface area contributed by atoms with Gasteiger partial charge in [0.25, 0.3) is 0 Å². The van der Waals surface area contributed by atoms with Crippen LogP contribution in [-0.4, -0.2) is 0 Å². The summed E-state index contributed by atoms with van der Waals surface area (Å²) in [5.74, 6) is 0. The molecule has 0 fully saturated rings. The van der Waals surface area contributed by atoms with Crippen LogP contribution in [0.1, 0.15) is 44.4 Å². The Morgan fingerprint density at radius 1 is 1.14 bits per heavy atom.